The van der Waals surface area contributed by atoms with E-state index >= 15 is 0 Å². The number of aliphatic hydroxyl groups excluding tert-OH is 1. The maximum atomic E-state index is 12.4. The minimum atomic E-state index is -2.70. The van der Waals surface area contributed by atoms with Crippen LogP contribution in [0.5, 0.6) is 0 Å². The normalized spacial score (nSPS) is 12.0. The molecule has 0 bridgehead atoms. The van der Waals surface area contributed by atoms with Crippen LogP contribution in [-0.2, 0) is 4.79 Å². The minimum Gasteiger partial charge on any atom is -0.395 e. The van der Waals surface area contributed by atoms with Crippen molar-refractivity contribution in [3.8, 4) is 0 Å². The van der Waals surface area contributed by atoms with Gasteiger partial charge in [0, 0.05) is 12.1 Å². The molecule has 2 N–H and O–H groups in total. The number of benzene rings is 1. The third-order valence-corrected chi connectivity index (χ3v) is 2.79. The number of hydrogen-bond acceptors (Lipinski definition) is 3. The van der Waals surface area contributed by atoms with Crippen molar-refractivity contribution < 1.29 is 23.5 Å². The summed E-state index contributed by atoms with van der Waals surface area (Å²) in [6.07, 6.45) is -2.70. The van der Waals surface area contributed by atoms with E-state index in [9.17, 15) is 18.4 Å². The van der Waals surface area contributed by atoms with Crippen LogP contribution < -0.4 is 5.32 Å². The number of nitrogens with one attached hydrogen (secondary N) is 1. The Labute approximate surface area is 121 Å². The first-order valence-electron chi connectivity index (χ1n) is 6.49. The second kappa shape index (κ2) is 8.31. The number of halogens is 2. The van der Waals surface area contributed by atoms with Crippen LogP contribution >= 0.6 is 0 Å². The topological polar surface area (TPSA) is 69.6 Å². The van der Waals surface area contributed by atoms with Gasteiger partial charge < -0.3 is 15.3 Å². The van der Waals surface area contributed by atoms with Gasteiger partial charge in [0.1, 0.15) is 6.04 Å². The van der Waals surface area contributed by atoms with Crippen molar-refractivity contribution in [1.82, 2.24) is 10.2 Å². The zero-order valence-electron chi connectivity index (χ0n) is 11.6. The van der Waals surface area contributed by atoms with E-state index in [1.807, 2.05) is 0 Å². The molecule has 5 nitrogen and oxygen atoms in total. The molecule has 0 heterocycles. The molecule has 0 aliphatic rings. The van der Waals surface area contributed by atoms with Gasteiger partial charge in [0.15, 0.2) is 0 Å². The van der Waals surface area contributed by atoms with Crippen molar-refractivity contribution in [2.75, 3.05) is 19.7 Å². The van der Waals surface area contributed by atoms with Gasteiger partial charge in [0.05, 0.1) is 13.2 Å². The molecule has 2 amide bonds. The third-order valence-electron chi connectivity index (χ3n) is 2.79. The largest absolute Gasteiger partial charge is 0.395 e. The number of nitrogens with zero attached hydrogens (tertiary/aromatic N) is 1. The molecule has 0 saturated carbocycles. The number of carbonyl (C=O) groups is 2. The van der Waals surface area contributed by atoms with Gasteiger partial charge in [-0.2, -0.15) is 0 Å². The highest BCUT2D eigenvalue weighted by molar-refractivity contribution is 5.97. The quantitative estimate of drug-likeness (QED) is 0.786. The number of hydrogen-bond donors (Lipinski definition) is 2. The maximum absolute atomic E-state index is 12.4. The van der Waals surface area contributed by atoms with Gasteiger partial charge in [-0.05, 0) is 19.1 Å². The lowest BCUT2D eigenvalue weighted by Crippen LogP contribution is -2.49. The highest BCUT2D eigenvalue weighted by Gasteiger charge is 2.24. The van der Waals surface area contributed by atoms with E-state index in [1.54, 1.807) is 30.3 Å². The summed E-state index contributed by atoms with van der Waals surface area (Å²) in [5, 5.41) is 11.3. The monoisotopic (exact) mass is 300 g/mol. The Kier molecular flexibility index (Phi) is 6.74. The fourth-order valence-electron chi connectivity index (χ4n) is 1.78. The fraction of sp³-hybridized carbons (Fsp3) is 0.429. The van der Waals surface area contributed by atoms with Gasteiger partial charge in [-0.15, -0.1) is 0 Å². The Morgan fingerprint density at radius 2 is 1.90 bits per heavy atom. The van der Waals surface area contributed by atoms with Crippen LogP contribution in [0.2, 0.25) is 0 Å². The molecule has 1 unspecified atom stereocenters. The van der Waals surface area contributed by atoms with Crippen molar-refractivity contribution in [3.63, 3.8) is 0 Å². The molecule has 0 aliphatic carbocycles. The summed E-state index contributed by atoms with van der Waals surface area (Å²) >= 11 is 0. The molecule has 1 aromatic carbocycles. The first kappa shape index (κ1) is 17.0. The van der Waals surface area contributed by atoms with Gasteiger partial charge in [-0.1, -0.05) is 18.2 Å². The predicted octanol–water partition coefficient (Wildman–Crippen LogP) is 0.891. The van der Waals surface area contributed by atoms with Gasteiger partial charge in [0.2, 0.25) is 5.91 Å². The molecule has 116 valence electrons. The molecular weight excluding hydrogens is 282 g/mol. The zero-order valence-corrected chi connectivity index (χ0v) is 11.6. The second-order valence-electron chi connectivity index (χ2n) is 4.46. The van der Waals surface area contributed by atoms with E-state index < -0.39 is 37.4 Å². The van der Waals surface area contributed by atoms with E-state index in [1.165, 1.54) is 6.92 Å². The molecule has 0 aromatic heterocycles. The summed E-state index contributed by atoms with van der Waals surface area (Å²) in [6, 6.07) is 7.31. The van der Waals surface area contributed by atoms with Gasteiger partial charge in [-0.3, -0.25) is 9.59 Å². The highest BCUT2D eigenvalue weighted by Crippen LogP contribution is 2.03. The molecule has 7 heteroatoms. The molecule has 0 saturated heterocycles. The van der Waals surface area contributed by atoms with Crippen LogP contribution in [0, 0.1) is 0 Å². The summed E-state index contributed by atoms with van der Waals surface area (Å²) in [7, 11) is 0. The Morgan fingerprint density at radius 3 is 2.43 bits per heavy atom. The standard InChI is InChI=1S/C14H18F2N2O3/c1-10(14(21)18(7-8-19)9-12(15)16)17-13(20)11-5-3-2-4-6-11/h2-6,10,12,19H,7-9H2,1H3,(H,17,20). The minimum absolute atomic E-state index is 0.200. The van der Waals surface area contributed by atoms with E-state index in [-0.39, 0.29) is 6.54 Å². The number of carbonyl (C=O) groups excluding carboxylic acids is 2. The molecule has 1 aromatic rings. The SMILES string of the molecule is CC(NC(=O)c1ccccc1)C(=O)N(CCO)CC(F)F. The summed E-state index contributed by atoms with van der Waals surface area (Å²) in [5.74, 6) is -1.12. The van der Waals surface area contributed by atoms with Crippen LogP contribution in [0.1, 0.15) is 17.3 Å². The van der Waals surface area contributed by atoms with Crippen LogP contribution in [0.3, 0.4) is 0 Å². The van der Waals surface area contributed by atoms with Crippen LogP contribution in [0.4, 0.5) is 8.78 Å². The summed E-state index contributed by atoms with van der Waals surface area (Å²) in [4.78, 5) is 24.7. The molecule has 0 spiro atoms. The zero-order chi connectivity index (χ0) is 15.8. The third kappa shape index (κ3) is 5.47. The van der Waals surface area contributed by atoms with Crippen molar-refractivity contribution in [2.24, 2.45) is 0 Å². The molecule has 0 radical (unpaired) electrons. The van der Waals surface area contributed by atoms with Crippen molar-refractivity contribution in [3.05, 3.63) is 35.9 Å². The Bertz CT molecular complexity index is 469. The lowest BCUT2D eigenvalue weighted by Gasteiger charge is -2.25. The molecule has 1 atom stereocenters. The first-order valence-corrected chi connectivity index (χ1v) is 6.49. The molecule has 1 rings (SSSR count). The van der Waals surface area contributed by atoms with Crippen molar-refractivity contribution in [1.29, 1.82) is 0 Å². The van der Waals surface area contributed by atoms with Gasteiger partial charge in [0.25, 0.3) is 12.3 Å². The lowest BCUT2D eigenvalue weighted by molar-refractivity contribution is -0.135. The first-order chi connectivity index (χ1) is 9.95. The summed E-state index contributed by atoms with van der Waals surface area (Å²) in [6.45, 7) is 0.0243. The molecule has 21 heavy (non-hydrogen) atoms. The van der Waals surface area contributed by atoms with Crippen LogP contribution in [0.15, 0.2) is 30.3 Å². The second-order valence-corrected chi connectivity index (χ2v) is 4.46. The summed E-state index contributed by atoms with van der Waals surface area (Å²) < 4.78 is 24.8. The Balaban J connectivity index is 2.66. The van der Waals surface area contributed by atoms with Crippen molar-refractivity contribution >= 4 is 11.8 Å². The molecular formula is C14H18F2N2O3. The van der Waals surface area contributed by atoms with Gasteiger partial charge >= 0.3 is 0 Å². The fourth-order valence-corrected chi connectivity index (χ4v) is 1.78. The average molecular weight is 300 g/mol. The smallest absolute Gasteiger partial charge is 0.255 e. The summed E-state index contributed by atoms with van der Waals surface area (Å²) in [5.41, 5.74) is 0.375. The maximum Gasteiger partial charge on any atom is 0.255 e. The van der Waals surface area contributed by atoms with Gasteiger partial charge in [-0.25, -0.2) is 8.78 Å². The number of rotatable bonds is 7. The van der Waals surface area contributed by atoms with E-state index in [0.717, 1.165) is 4.90 Å². The Morgan fingerprint density at radius 1 is 1.29 bits per heavy atom. The predicted molar refractivity (Wildman–Crippen MR) is 73.0 cm³/mol. The number of alkyl halides is 2. The Hall–Kier alpha value is -2.02. The van der Waals surface area contributed by atoms with Crippen LogP contribution in [-0.4, -0.2) is 54.0 Å². The molecule has 0 aliphatic heterocycles. The lowest BCUT2D eigenvalue weighted by atomic mass is 10.2. The van der Waals surface area contributed by atoms with Crippen molar-refractivity contribution in [2.45, 2.75) is 19.4 Å². The van der Waals surface area contributed by atoms with E-state index in [0.29, 0.717) is 5.56 Å². The van der Waals surface area contributed by atoms with E-state index in [2.05, 4.69) is 5.32 Å². The molecule has 0 fully saturated rings. The highest BCUT2D eigenvalue weighted by atomic mass is 19.3. The van der Waals surface area contributed by atoms with E-state index in [4.69, 9.17) is 5.11 Å². The number of aliphatic hydroxyl groups is 1. The van der Waals surface area contributed by atoms with Crippen LogP contribution in [0.25, 0.3) is 0 Å². The average Bonchev–Trinajstić information content (AvgIpc) is 2.46. The number of amides is 2.